The standard InChI is InChI=1S/C6H18N5OPS/c1-2-3-4-10-13(8,14)11-5-9-6(7)12/h2-5H2,1H3,(H3,7,9,12)(H4,8,10,11,14). The summed E-state index contributed by atoms with van der Waals surface area (Å²) in [4.78, 5) is 10.3. The van der Waals surface area contributed by atoms with Crippen LogP contribution in [0, 0.1) is 0 Å². The molecule has 84 valence electrons. The number of primary amides is 1. The SMILES string of the molecule is CCCCNP(N)(=S)NCNC(N)=O. The molecule has 1 atom stereocenters. The predicted molar refractivity (Wildman–Crippen MR) is 62.1 cm³/mol. The number of hydrogen-bond donors (Lipinski definition) is 5. The highest BCUT2D eigenvalue weighted by Crippen LogP contribution is 2.23. The van der Waals surface area contributed by atoms with Gasteiger partial charge in [-0.05, 0) is 18.2 Å². The first-order valence-corrected chi connectivity index (χ1v) is 7.27. The summed E-state index contributed by atoms with van der Waals surface area (Å²) in [5, 5.41) is 8.22. The summed E-state index contributed by atoms with van der Waals surface area (Å²) in [5.74, 6) is 0. The summed E-state index contributed by atoms with van der Waals surface area (Å²) in [7, 11) is 0. The zero-order valence-corrected chi connectivity index (χ0v) is 9.96. The number of amides is 2. The largest absolute Gasteiger partial charge is 0.352 e. The van der Waals surface area contributed by atoms with Gasteiger partial charge in [0.1, 0.15) is 6.49 Å². The van der Waals surface area contributed by atoms with Gasteiger partial charge in [0.2, 0.25) is 0 Å². The number of carbonyl (C=O) groups excluding carboxylic acids is 1. The summed E-state index contributed by atoms with van der Waals surface area (Å²) in [6.45, 7) is 0.854. The first-order chi connectivity index (χ1) is 6.48. The minimum atomic E-state index is -2.22. The number of hydrogen-bond acceptors (Lipinski definition) is 2. The van der Waals surface area contributed by atoms with Crippen molar-refractivity contribution < 1.29 is 4.79 Å². The molecule has 0 aliphatic carbocycles. The molecule has 0 saturated carbocycles. The van der Waals surface area contributed by atoms with E-state index in [4.69, 9.17) is 23.0 Å². The van der Waals surface area contributed by atoms with E-state index in [1.54, 1.807) is 0 Å². The van der Waals surface area contributed by atoms with Gasteiger partial charge >= 0.3 is 6.03 Å². The number of nitrogens with one attached hydrogen (secondary N) is 3. The van der Waals surface area contributed by atoms with Crippen molar-refractivity contribution in [3.63, 3.8) is 0 Å². The number of rotatable bonds is 7. The molecular weight excluding hydrogens is 221 g/mol. The second-order valence-corrected chi connectivity index (χ2v) is 6.47. The average molecular weight is 239 g/mol. The van der Waals surface area contributed by atoms with Gasteiger partial charge in [0.25, 0.3) is 0 Å². The van der Waals surface area contributed by atoms with Crippen LogP contribution in [0.4, 0.5) is 4.79 Å². The minimum Gasteiger partial charge on any atom is -0.352 e. The van der Waals surface area contributed by atoms with Crippen molar-refractivity contribution in [1.82, 2.24) is 15.5 Å². The number of unbranched alkanes of at least 4 members (excludes halogenated alkanes) is 1. The van der Waals surface area contributed by atoms with Crippen LogP contribution in [0.5, 0.6) is 0 Å². The molecule has 8 heteroatoms. The maximum atomic E-state index is 10.3. The Morgan fingerprint density at radius 1 is 1.50 bits per heavy atom. The average Bonchev–Trinajstić information content (AvgIpc) is 2.03. The Morgan fingerprint density at radius 2 is 2.14 bits per heavy atom. The lowest BCUT2D eigenvalue weighted by Gasteiger charge is -2.19. The third-order valence-electron chi connectivity index (χ3n) is 1.45. The van der Waals surface area contributed by atoms with Crippen molar-refractivity contribution in [3.8, 4) is 0 Å². The summed E-state index contributed by atoms with van der Waals surface area (Å²) in [6.07, 6.45) is 2.11. The maximum Gasteiger partial charge on any atom is 0.313 e. The molecule has 0 rings (SSSR count). The predicted octanol–water partition coefficient (Wildman–Crippen LogP) is -0.225. The van der Waals surface area contributed by atoms with E-state index in [-0.39, 0.29) is 6.67 Å². The van der Waals surface area contributed by atoms with Gasteiger partial charge < -0.3 is 11.1 Å². The normalized spacial score (nSPS) is 14.7. The smallest absolute Gasteiger partial charge is 0.313 e. The molecular formula is C6H18N5OPS. The Balaban J connectivity index is 3.61. The van der Waals surface area contributed by atoms with Crippen LogP contribution < -0.4 is 26.7 Å². The van der Waals surface area contributed by atoms with Crippen molar-refractivity contribution in [2.75, 3.05) is 13.2 Å². The van der Waals surface area contributed by atoms with Crippen LogP contribution in [0.1, 0.15) is 19.8 Å². The van der Waals surface area contributed by atoms with Crippen molar-refractivity contribution in [3.05, 3.63) is 0 Å². The van der Waals surface area contributed by atoms with Crippen LogP contribution in [0.3, 0.4) is 0 Å². The Labute approximate surface area is 89.3 Å². The topological polar surface area (TPSA) is 105 Å². The van der Waals surface area contributed by atoms with E-state index in [1.165, 1.54) is 0 Å². The van der Waals surface area contributed by atoms with Gasteiger partial charge in [-0.2, -0.15) is 0 Å². The molecule has 0 aromatic heterocycles. The first kappa shape index (κ1) is 13.8. The van der Waals surface area contributed by atoms with Crippen LogP contribution in [0.25, 0.3) is 0 Å². The Hall–Kier alpha value is -0.200. The lowest BCUT2D eigenvalue weighted by molar-refractivity contribution is 0.249. The van der Waals surface area contributed by atoms with Gasteiger partial charge in [-0.15, -0.1) is 0 Å². The highest BCUT2D eigenvalue weighted by molar-refractivity contribution is 8.11. The minimum absolute atomic E-state index is 0.197. The van der Waals surface area contributed by atoms with Crippen LogP contribution in [0.15, 0.2) is 0 Å². The van der Waals surface area contributed by atoms with Gasteiger partial charge in [0.05, 0.1) is 6.67 Å². The highest BCUT2D eigenvalue weighted by atomic mass is 32.4. The second kappa shape index (κ2) is 7.14. The third-order valence-corrected chi connectivity index (χ3v) is 3.55. The Morgan fingerprint density at radius 3 is 2.64 bits per heavy atom. The number of carbonyl (C=O) groups is 1. The van der Waals surface area contributed by atoms with Gasteiger partial charge in [-0.1, -0.05) is 13.3 Å². The van der Waals surface area contributed by atoms with Gasteiger partial charge in [0, 0.05) is 6.54 Å². The van der Waals surface area contributed by atoms with E-state index in [1.807, 2.05) is 0 Å². The molecule has 0 aromatic carbocycles. The lowest BCUT2D eigenvalue weighted by atomic mass is 10.3. The van der Waals surface area contributed by atoms with E-state index >= 15 is 0 Å². The molecule has 0 aliphatic heterocycles. The van der Waals surface area contributed by atoms with Crippen LogP contribution >= 0.6 is 6.49 Å². The van der Waals surface area contributed by atoms with Gasteiger partial charge in [-0.25, -0.2) is 9.88 Å². The maximum absolute atomic E-state index is 10.3. The molecule has 2 amide bonds. The molecule has 0 aliphatic rings. The molecule has 14 heavy (non-hydrogen) atoms. The number of urea groups is 1. The van der Waals surface area contributed by atoms with Crippen molar-refractivity contribution >= 4 is 24.3 Å². The molecule has 0 heterocycles. The van der Waals surface area contributed by atoms with E-state index in [2.05, 4.69) is 22.4 Å². The highest BCUT2D eigenvalue weighted by Gasteiger charge is 2.07. The molecule has 1 unspecified atom stereocenters. The molecule has 0 fully saturated rings. The Kier molecular flexibility index (Phi) is 7.04. The molecule has 0 spiro atoms. The zero-order valence-electron chi connectivity index (χ0n) is 8.25. The number of nitrogens with two attached hydrogens (primary N) is 2. The molecule has 0 aromatic rings. The van der Waals surface area contributed by atoms with Crippen molar-refractivity contribution in [1.29, 1.82) is 0 Å². The fourth-order valence-electron chi connectivity index (χ4n) is 0.722. The van der Waals surface area contributed by atoms with Gasteiger partial charge in [0.15, 0.2) is 0 Å². The van der Waals surface area contributed by atoms with E-state index in [0.29, 0.717) is 0 Å². The van der Waals surface area contributed by atoms with Crippen LogP contribution in [0.2, 0.25) is 0 Å². The van der Waals surface area contributed by atoms with Crippen LogP contribution in [-0.4, -0.2) is 19.2 Å². The van der Waals surface area contributed by atoms with Gasteiger partial charge in [-0.3, -0.25) is 10.6 Å². The quantitative estimate of drug-likeness (QED) is 0.240. The second-order valence-electron chi connectivity index (χ2n) is 2.80. The summed E-state index contributed by atoms with van der Waals surface area (Å²) in [5.41, 5.74) is 10.6. The zero-order chi connectivity index (χ0) is 11.0. The van der Waals surface area contributed by atoms with Crippen molar-refractivity contribution in [2.24, 2.45) is 11.2 Å². The molecule has 7 N–H and O–H groups in total. The fraction of sp³-hybridized carbons (Fsp3) is 0.833. The van der Waals surface area contributed by atoms with E-state index in [9.17, 15) is 4.79 Å². The summed E-state index contributed by atoms with van der Waals surface area (Å²) < 4.78 is 0. The van der Waals surface area contributed by atoms with Crippen LogP contribution in [-0.2, 0) is 11.8 Å². The summed E-state index contributed by atoms with van der Waals surface area (Å²) in [6, 6.07) is -0.596. The van der Waals surface area contributed by atoms with Crippen molar-refractivity contribution in [2.45, 2.75) is 19.8 Å². The molecule has 0 bridgehead atoms. The fourth-order valence-corrected chi connectivity index (χ4v) is 2.11. The lowest BCUT2D eigenvalue weighted by Crippen LogP contribution is -2.39. The molecule has 0 saturated heterocycles. The summed E-state index contributed by atoms with van der Waals surface area (Å²) >= 11 is 5.08. The molecule has 6 nitrogen and oxygen atoms in total. The Bertz CT molecular complexity index is 224. The van der Waals surface area contributed by atoms with E-state index in [0.717, 1.165) is 19.4 Å². The first-order valence-electron chi connectivity index (χ1n) is 4.40. The third kappa shape index (κ3) is 8.40. The van der Waals surface area contributed by atoms with E-state index < -0.39 is 12.5 Å². The molecule has 0 radical (unpaired) electrons. The monoisotopic (exact) mass is 239 g/mol.